The van der Waals surface area contributed by atoms with Crippen molar-refractivity contribution in [1.82, 2.24) is 5.32 Å². The second kappa shape index (κ2) is 6.76. The molecular formula is C15H25NO2. The van der Waals surface area contributed by atoms with Gasteiger partial charge in [-0.1, -0.05) is 31.5 Å². The minimum Gasteiger partial charge on any atom is -0.496 e. The van der Waals surface area contributed by atoms with Crippen LogP contribution in [0.1, 0.15) is 37.8 Å². The predicted octanol–water partition coefficient (Wildman–Crippen LogP) is 2.64. The Kier molecular flexibility index (Phi) is 5.63. The van der Waals surface area contributed by atoms with Crippen molar-refractivity contribution in [2.75, 3.05) is 13.7 Å². The van der Waals surface area contributed by atoms with Crippen LogP contribution < -0.4 is 10.1 Å². The third-order valence-corrected chi connectivity index (χ3v) is 3.75. The van der Waals surface area contributed by atoms with Gasteiger partial charge >= 0.3 is 0 Å². The smallest absolute Gasteiger partial charge is 0.123 e. The lowest BCUT2D eigenvalue weighted by Crippen LogP contribution is -2.47. The van der Waals surface area contributed by atoms with Crippen LogP contribution in [-0.4, -0.2) is 24.4 Å². The highest BCUT2D eigenvalue weighted by atomic mass is 16.5. The zero-order chi connectivity index (χ0) is 13.6. The predicted molar refractivity (Wildman–Crippen MR) is 75.0 cm³/mol. The lowest BCUT2D eigenvalue weighted by molar-refractivity contribution is 0.149. The fourth-order valence-electron chi connectivity index (χ4n) is 2.11. The van der Waals surface area contributed by atoms with E-state index in [4.69, 9.17) is 4.74 Å². The summed E-state index contributed by atoms with van der Waals surface area (Å²) in [6.45, 7) is 7.14. The zero-order valence-corrected chi connectivity index (χ0v) is 11.9. The molecule has 0 aliphatic heterocycles. The van der Waals surface area contributed by atoms with E-state index in [1.165, 1.54) is 5.56 Å². The van der Waals surface area contributed by atoms with E-state index in [2.05, 4.69) is 32.2 Å². The summed E-state index contributed by atoms with van der Waals surface area (Å²) in [7, 11) is 1.69. The Hall–Kier alpha value is -1.06. The first-order chi connectivity index (χ1) is 8.60. The molecule has 0 aliphatic rings. The minimum atomic E-state index is -0.186. The van der Waals surface area contributed by atoms with Crippen LogP contribution in [-0.2, 0) is 6.54 Å². The molecule has 3 nitrogen and oxygen atoms in total. The lowest BCUT2D eigenvalue weighted by atomic mass is 9.93. The van der Waals surface area contributed by atoms with Gasteiger partial charge in [0, 0.05) is 17.6 Å². The molecule has 102 valence electrons. The van der Waals surface area contributed by atoms with Crippen molar-refractivity contribution >= 4 is 0 Å². The Morgan fingerprint density at radius 3 is 2.44 bits per heavy atom. The molecule has 0 atom stereocenters. The van der Waals surface area contributed by atoms with Gasteiger partial charge in [-0.3, -0.25) is 0 Å². The quantitative estimate of drug-likeness (QED) is 0.783. The molecule has 0 fully saturated rings. The molecule has 0 radical (unpaired) electrons. The van der Waals surface area contributed by atoms with E-state index in [1.807, 2.05) is 12.1 Å². The van der Waals surface area contributed by atoms with Gasteiger partial charge in [-0.15, -0.1) is 0 Å². The number of hydrogen-bond acceptors (Lipinski definition) is 3. The molecule has 2 N–H and O–H groups in total. The normalized spacial score (nSPS) is 11.6. The highest BCUT2D eigenvalue weighted by molar-refractivity contribution is 5.36. The average Bonchev–Trinajstić information content (AvgIpc) is 2.41. The van der Waals surface area contributed by atoms with Gasteiger partial charge in [-0.2, -0.15) is 0 Å². The van der Waals surface area contributed by atoms with Crippen molar-refractivity contribution in [3.8, 4) is 5.75 Å². The SMILES string of the molecule is CCC(CC)(CO)NCc1cc(C)ccc1OC. The Balaban J connectivity index is 2.81. The van der Waals surface area contributed by atoms with Crippen LogP contribution in [0.5, 0.6) is 5.75 Å². The Labute approximate surface area is 110 Å². The summed E-state index contributed by atoms with van der Waals surface area (Å²) in [5.74, 6) is 0.896. The highest BCUT2D eigenvalue weighted by Gasteiger charge is 2.24. The molecule has 1 rings (SSSR count). The number of aliphatic hydroxyl groups excluding tert-OH is 1. The van der Waals surface area contributed by atoms with E-state index in [0.717, 1.165) is 24.2 Å². The molecule has 0 amide bonds. The van der Waals surface area contributed by atoms with Gasteiger partial charge < -0.3 is 15.2 Å². The molecule has 0 heterocycles. The van der Waals surface area contributed by atoms with Gasteiger partial charge in [0.15, 0.2) is 0 Å². The van der Waals surface area contributed by atoms with Crippen molar-refractivity contribution in [2.45, 2.75) is 45.7 Å². The van der Waals surface area contributed by atoms with E-state index in [-0.39, 0.29) is 12.1 Å². The molecular weight excluding hydrogens is 226 g/mol. The van der Waals surface area contributed by atoms with Crippen LogP contribution >= 0.6 is 0 Å². The first kappa shape index (κ1) is 15.0. The van der Waals surface area contributed by atoms with E-state index >= 15 is 0 Å². The van der Waals surface area contributed by atoms with Crippen LogP contribution in [0.4, 0.5) is 0 Å². The Morgan fingerprint density at radius 1 is 1.28 bits per heavy atom. The van der Waals surface area contributed by atoms with Gasteiger partial charge in [0.25, 0.3) is 0 Å². The molecule has 18 heavy (non-hydrogen) atoms. The summed E-state index contributed by atoms with van der Waals surface area (Å²) < 4.78 is 5.36. The monoisotopic (exact) mass is 251 g/mol. The number of ether oxygens (including phenoxy) is 1. The Morgan fingerprint density at radius 2 is 1.94 bits per heavy atom. The number of rotatable bonds is 7. The van der Waals surface area contributed by atoms with Gasteiger partial charge in [-0.05, 0) is 25.8 Å². The molecule has 1 aromatic carbocycles. The number of hydrogen-bond donors (Lipinski definition) is 2. The number of methoxy groups -OCH3 is 1. The second-order valence-corrected chi connectivity index (χ2v) is 4.81. The van der Waals surface area contributed by atoms with E-state index in [0.29, 0.717) is 6.54 Å². The maximum absolute atomic E-state index is 9.54. The maximum Gasteiger partial charge on any atom is 0.123 e. The van der Waals surface area contributed by atoms with Crippen molar-refractivity contribution in [3.05, 3.63) is 29.3 Å². The van der Waals surface area contributed by atoms with Crippen LogP contribution in [0.25, 0.3) is 0 Å². The van der Waals surface area contributed by atoms with Crippen molar-refractivity contribution < 1.29 is 9.84 Å². The molecule has 0 saturated carbocycles. The molecule has 0 unspecified atom stereocenters. The van der Waals surface area contributed by atoms with E-state index in [1.54, 1.807) is 7.11 Å². The van der Waals surface area contributed by atoms with E-state index < -0.39 is 0 Å². The van der Waals surface area contributed by atoms with Gasteiger partial charge in [0.2, 0.25) is 0 Å². The summed E-state index contributed by atoms with van der Waals surface area (Å²) in [4.78, 5) is 0. The van der Waals surface area contributed by atoms with Crippen LogP contribution in [0, 0.1) is 6.92 Å². The number of aliphatic hydroxyl groups is 1. The number of benzene rings is 1. The minimum absolute atomic E-state index is 0.161. The topological polar surface area (TPSA) is 41.5 Å². The summed E-state index contributed by atoms with van der Waals surface area (Å²) in [5.41, 5.74) is 2.17. The van der Waals surface area contributed by atoms with Crippen LogP contribution in [0.15, 0.2) is 18.2 Å². The first-order valence-corrected chi connectivity index (χ1v) is 6.60. The summed E-state index contributed by atoms with van der Waals surface area (Å²) in [5, 5.41) is 13.0. The standard InChI is InChI=1S/C15H25NO2/c1-5-15(6-2,11-17)16-10-13-9-12(3)7-8-14(13)18-4/h7-9,16-17H,5-6,10-11H2,1-4H3. The molecule has 1 aromatic rings. The fourth-order valence-corrected chi connectivity index (χ4v) is 2.11. The maximum atomic E-state index is 9.54. The summed E-state index contributed by atoms with van der Waals surface area (Å²) >= 11 is 0. The largest absolute Gasteiger partial charge is 0.496 e. The fraction of sp³-hybridized carbons (Fsp3) is 0.600. The molecule has 3 heteroatoms. The number of aryl methyl sites for hydroxylation is 1. The summed E-state index contributed by atoms with van der Waals surface area (Å²) in [6.07, 6.45) is 1.82. The third kappa shape index (κ3) is 3.47. The third-order valence-electron chi connectivity index (χ3n) is 3.75. The van der Waals surface area contributed by atoms with Crippen LogP contribution in [0.3, 0.4) is 0 Å². The van der Waals surface area contributed by atoms with Gasteiger partial charge in [-0.25, -0.2) is 0 Å². The van der Waals surface area contributed by atoms with Gasteiger partial charge in [0.05, 0.1) is 13.7 Å². The van der Waals surface area contributed by atoms with Crippen molar-refractivity contribution in [3.63, 3.8) is 0 Å². The van der Waals surface area contributed by atoms with Crippen molar-refractivity contribution in [1.29, 1.82) is 0 Å². The van der Waals surface area contributed by atoms with Crippen molar-refractivity contribution in [2.24, 2.45) is 0 Å². The number of nitrogens with one attached hydrogen (secondary N) is 1. The molecule has 0 aliphatic carbocycles. The molecule has 0 bridgehead atoms. The average molecular weight is 251 g/mol. The zero-order valence-electron chi connectivity index (χ0n) is 11.9. The molecule has 0 saturated heterocycles. The summed E-state index contributed by atoms with van der Waals surface area (Å²) in [6, 6.07) is 6.16. The Bertz CT molecular complexity index is 364. The second-order valence-electron chi connectivity index (χ2n) is 4.81. The molecule has 0 spiro atoms. The van der Waals surface area contributed by atoms with Crippen LogP contribution in [0.2, 0.25) is 0 Å². The highest BCUT2D eigenvalue weighted by Crippen LogP contribution is 2.22. The first-order valence-electron chi connectivity index (χ1n) is 6.60. The van der Waals surface area contributed by atoms with Gasteiger partial charge in [0.1, 0.15) is 5.75 Å². The van der Waals surface area contributed by atoms with E-state index in [9.17, 15) is 5.11 Å². The molecule has 0 aromatic heterocycles. The lowest BCUT2D eigenvalue weighted by Gasteiger charge is -2.31.